The Morgan fingerprint density at radius 2 is 1.89 bits per heavy atom. The molecule has 2 fully saturated rings. The van der Waals surface area contributed by atoms with E-state index in [0.717, 1.165) is 37.5 Å². The van der Waals surface area contributed by atoms with Gasteiger partial charge in [0.05, 0.1) is 6.61 Å². The lowest BCUT2D eigenvalue weighted by Gasteiger charge is -2.17. The third-order valence-electron chi connectivity index (χ3n) is 4.09. The predicted molar refractivity (Wildman–Crippen MR) is 73.4 cm³/mol. The Kier molecular flexibility index (Phi) is 3.42. The number of likely N-dealkylation sites (tertiary alicyclic amines) is 1. The molecule has 0 aliphatic carbocycles. The number of amides is 1. The second kappa shape index (κ2) is 5.21. The van der Waals surface area contributed by atoms with Crippen LogP contribution in [0.1, 0.15) is 17.3 Å². The lowest BCUT2D eigenvalue weighted by atomic mass is 10.0. The van der Waals surface area contributed by atoms with Gasteiger partial charge in [-0.25, -0.2) is 0 Å². The maximum atomic E-state index is 12.4. The average molecular weight is 260 g/mol. The standard InChI is InChI=1S/C15H20N2O2/c1-2-19-14-5-3-11(4-6-14)15(18)17-9-12-7-16-8-13(12)10-17/h3-6,12-13,16H,2,7-10H2,1H3/t12-,13+. The van der Waals surface area contributed by atoms with Crippen LogP contribution < -0.4 is 10.1 Å². The van der Waals surface area contributed by atoms with Gasteiger partial charge in [0.15, 0.2) is 0 Å². The van der Waals surface area contributed by atoms with Crippen molar-refractivity contribution in [3.05, 3.63) is 29.8 Å². The Hall–Kier alpha value is -1.55. The third kappa shape index (κ3) is 2.45. The summed E-state index contributed by atoms with van der Waals surface area (Å²) in [5, 5.41) is 3.39. The number of ether oxygens (including phenoxy) is 1. The van der Waals surface area contributed by atoms with Gasteiger partial charge >= 0.3 is 0 Å². The number of hydrogen-bond donors (Lipinski definition) is 1. The van der Waals surface area contributed by atoms with E-state index in [-0.39, 0.29) is 5.91 Å². The van der Waals surface area contributed by atoms with Crippen LogP contribution >= 0.6 is 0 Å². The first-order valence-electron chi connectivity index (χ1n) is 7.00. The van der Waals surface area contributed by atoms with E-state index in [9.17, 15) is 4.79 Å². The molecule has 0 radical (unpaired) electrons. The zero-order chi connectivity index (χ0) is 13.2. The smallest absolute Gasteiger partial charge is 0.253 e. The largest absolute Gasteiger partial charge is 0.494 e. The van der Waals surface area contributed by atoms with Crippen molar-refractivity contribution in [2.24, 2.45) is 11.8 Å². The molecule has 0 unspecified atom stereocenters. The maximum absolute atomic E-state index is 12.4. The quantitative estimate of drug-likeness (QED) is 0.892. The van der Waals surface area contributed by atoms with E-state index in [2.05, 4.69) is 5.32 Å². The Labute approximate surface area is 113 Å². The summed E-state index contributed by atoms with van der Waals surface area (Å²) < 4.78 is 5.39. The molecule has 4 nitrogen and oxygen atoms in total. The topological polar surface area (TPSA) is 41.6 Å². The van der Waals surface area contributed by atoms with Crippen LogP contribution in [0.4, 0.5) is 0 Å². The Morgan fingerprint density at radius 3 is 2.47 bits per heavy atom. The Morgan fingerprint density at radius 1 is 1.26 bits per heavy atom. The van der Waals surface area contributed by atoms with Crippen LogP contribution in [-0.4, -0.2) is 43.6 Å². The molecule has 4 heteroatoms. The Bertz CT molecular complexity index is 446. The van der Waals surface area contributed by atoms with Gasteiger partial charge in [0.25, 0.3) is 5.91 Å². The van der Waals surface area contributed by atoms with E-state index >= 15 is 0 Å². The average Bonchev–Trinajstić information content (AvgIpc) is 3.00. The van der Waals surface area contributed by atoms with Gasteiger partial charge in [-0.05, 0) is 43.0 Å². The highest BCUT2D eigenvalue weighted by Crippen LogP contribution is 2.27. The monoisotopic (exact) mass is 260 g/mol. The van der Waals surface area contributed by atoms with Crippen molar-refractivity contribution in [2.75, 3.05) is 32.8 Å². The van der Waals surface area contributed by atoms with Gasteiger partial charge in [-0.15, -0.1) is 0 Å². The molecule has 3 rings (SSSR count). The molecular formula is C15H20N2O2. The van der Waals surface area contributed by atoms with Gasteiger partial charge in [0.1, 0.15) is 5.75 Å². The van der Waals surface area contributed by atoms with Crippen molar-refractivity contribution in [3.63, 3.8) is 0 Å². The molecule has 0 bridgehead atoms. The van der Waals surface area contributed by atoms with Crippen molar-refractivity contribution in [1.82, 2.24) is 10.2 Å². The van der Waals surface area contributed by atoms with Gasteiger partial charge in [-0.2, -0.15) is 0 Å². The summed E-state index contributed by atoms with van der Waals surface area (Å²) in [5.41, 5.74) is 0.761. The van der Waals surface area contributed by atoms with Crippen LogP contribution in [0.2, 0.25) is 0 Å². The van der Waals surface area contributed by atoms with Crippen LogP contribution in [0, 0.1) is 11.8 Å². The van der Waals surface area contributed by atoms with Gasteiger partial charge in [0, 0.05) is 31.7 Å². The first kappa shape index (κ1) is 12.5. The number of carbonyl (C=O) groups excluding carboxylic acids is 1. The number of benzene rings is 1. The summed E-state index contributed by atoms with van der Waals surface area (Å²) in [6, 6.07) is 7.46. The molecule has 1 aromatic carbocycles. The maximum Gasteiger partial charge on any atom is 0.253 e. The van der Waals surface area contributed by atoms with Gasteiger partial charge in [-0.3, -0.25) is 4.79 Å². The molecular weight excluding hydrogens is 240 g/mol. The van der Waals surface area contributed by atoms with Gasteiger partial charge < -0.3 is 15.0 Å². The van der Waals surface area contributed by atoms with E-state index in [1.807, 2.05) is 36.1 Å². The number of hydrogen-bond acceptors (Lipinski definition) is 3. The molecule has 2 aliphatic heterocycles. The molecule has 19 heavy (non-hydrogen) atoms. The minimum absolute atomic E-state index is 0.150. The molecule has 0 aromatic heterocycles. The predicted octanol–water partition coefficient (Wildman–Crippen LogP) is 1.38. The van der Waals surface area contributed by atoms with Crippen LogP contribution in [0.25, 0.3) is 0 Å². The fourth-order valence-electron chi connectivity index (χ4n) is 3.06. The highest BCUT2D eigenvalue weighted by atomic mass is 16.5. The number of nitrogens with zero attached hydrogens (tertiary/aromatic N) is 1. The molecule has 1 amide bonds. The van der Waals surface area contributed by atoms with Crippen LogP contribution in [0.5, 0.6) is 5.75 Å². The summed E-state index contributed by atoms with van der Waals surface area (Å²) in [6.07, 6.45) is 0. The molecule has 2 heterocycles. The minimum atomic E-state index is 0.150. The zero-order valence-corrected chi connectivity index (χ0v) is 11.3. The molecule has 2 saturated heterocycles. The van der Waals surface area contributed by atoms with E-state index < -0.39 is 0 Å². The second-order valence-corrected chi connectivity index (χ2v) is 5.35. The lowest BCUT2D eigenvalue weighted by molar-refractivity contribution is 0.0781. The fraction of sp³-hybridized carbons (Fsp3) is 0.533. The molecule has 102 valence electrons. The summed E-state index contributed by atoms with van der Waals surface area (Å²) in [4.78, 5) is 14.4. The first-order valence-corrected chi connectivity index (χ1v) is 7.00. The summed E-state index contributed by atoms with van der Waals surface area (Å²) in [7, 11) is 0. The second-order valence-electron chi connectivity index (χ2n) is 5.35. The minimum Gasteiger partial charge on any atom is -0.494 e. The Balaban J connectivity index is 1.67. The third-order valence-corrected chi connectivity index (χ3v) is 4.09. The first-order chi connectivity index (χ1) is 9.28. The van der Waals surface area contributed by atoms with E-state index in [1.165, 1.54) is 0 Å². The summed E-state index contributed by atoms with van der Waals surface area (Å²) in [6.45, 7) is 6.49. The number of nitrogens with one attached hydrogen (secondary N) is 1. The normalized spacial score (nSPS) is 25.4. The van der Waals surface area contributed by atoms with Gasteiger partial charge in [0.2, 0.25) is 0 Å². The van der Waals surface area contributed by atoms with Crippen molar-refractivity contribution in [1.29, 1.82) is 0 Å². The molecule has 2 atom stereocenters. The summed E-state index contributed by atoms with van der Waals surface area (Å²) in [5.74, 6) is 2.26. The zero-order valence-electron chi connectivity index (χ0n) is 11.3. The molecule has 0 saturated carbocycles. The lowest BCUT2D eigenvalue weighted by Crippen LogP contribution is -2.31. The number of rotatable bonds is 3. The van der Waals surface area contributed by atoms with Crippen molar-refractivity contribution < 1.29 is 9.53 Å². The van der Waals surface area contributed by atoms with Crippen LogP contribution in [0.15, 0.2) is 24.3 Å². The molecule has 1 aromatic rings. The van der Waals surface area contributed by atoms with Crippen molar-refractivity contribution in [3.8, 4) is 5.75 Å². The molecule has 2 aliphatic rings. The van der Waals surface area contributed by atoms with Crippen molar-refractivity contribution >= 4 is 5.91 Å². The number of fused-ring (bicyclic) bond motifs is 1. The summed E-state index contributed by atoms with van der Waals surface area (Å²) >= 11 is 0. The van der Waals surface area contributed by atoms with Crippen molar-refractivity contribution in [2.45, 2.75) is 6.92 Å². The molecule has 0 spiro atoms. The van der Waals surface area contributed by atoms with Gasteiger partial charge in [-0.1, -0.05) is 0 Å². The number of carbonyl (C=O) groups is 1. The van der Waals surface area contributed by atoms with E-state index in [1.54, 1.807) is 0 Å². The molecule has 1 N–H and O–H groups in total. The van der Waals surface area contributed by atoms with E-state index in [0.29, 0.717) is 18.4 Å². The fourth-order valence-corrected chi connectivity index (χ4v) is 3.06. The highest BCUT2D eigenvalue weighted by molar-refractivity contribution is 5.94. The van der Waals surface area contributed by atoms with Crippen LogP contribution in [-0.2, 0) is 0 Å². The SMILES string of the molecule is CCOc1ccc(C(=O)N2C[C@H]3CNC[C@H]3C2)cc1. The highest BCUT2D eigenvalue weighted by Gasteiger charge is 2.38. The van der Waals surface area contributed by atoms with E-state index in [4.69, 9.17) is 4.74 Å². The van der Waals surface area contributed by atoms with Crippen LogP contribution in [0.3, 0.4) is 0 Å².